The number of amidine groups is 1. The number of nitrogens with one attached hydrogen (secondary N) is 1. The van der Waals surface area contributed by atoms with Crippen LogP contribution in [0.3, 0.4) is 0 Å². The van der Waals surface area contributed by atoms with Gasteiger partial charge in [0.25, 0.3) is 5.91 Å². The van der Waals surface area contributed by atoms with Gasteiger partial charge in [0.05, 0.1) is 0 Å². The molecule has 1 aromatic rings. The smallest absolute Gasteiger partial charge is 0.275 e. The van der Waals surface area contributed by atoms with Crippen molar-refractivity contribution < 1.29 is 4.79 Å². The largest absolute Gasteiger partial charge is 0.309 e. The third-order valence-electron chi connectivity index (χ3n) is 2.30. The van der Waals surface area contributed by atoms with E-state index < -0.39 is 0 Å². The second-order valence-electron chi connectivity index (χ2n) is 3.54. The summed E-state index contributed by atoms with van der Waals surface area (Å²) in [5, 5.41) is 2.65. The molecule has 15 heavy (non-hydrogen) atoms. The summed E-state index contributed by atoms with van der Waals surface area (Å²) in [6, 6.07) is 7.90. The predicted molar refractivity (Wildman–Crippen MR) is 60.4 cm³/mol. The van der Waals surface area contributed by atoms with Crippen LogP contribution in [-0.2, 0) is 4.79 Å². The highest BCUT2D eigenvalue weighted by Gasteiger charge is 2.16. The Balaban J connectivity index is 2.39. The van der Waals surface area contributed by atoms with Crippen LogP contribution < -0.4 is 5.32 Å². The lowest BCUT2D eigenvalue weighted by molar-refractivity contribution is -0.115. The van der Waals surface area contributed by atoms with Crippen LogP contribution in [0.25, 0.3) is 6.08 Å². The molecule has 1 aromatic carbocycles. The Morgan fingerprint density at radius 1 is 1.27 bits per heavy atom. The van der Waals surface area contributed by atoms with Crippen LogP contribution in [0.1, 0.15) is 18.1 Å². The topological polar surface area (TPSA) is 41.5 Å². The van der Waals surface area contributed by atoms with E-state index in [2.05, 4.69) is 10.3 Å². The van der Waals surface area contributed by atoms with Crippen molar-refractivity contribution in [3.63, 3.8) is 0 Å². The molecular formula is C12H12N2O. The van der Waals surface area contributed by atoms with Gasteiger partial charge in [0.1, 0.15) is 11.5 Å². The SMILES string of the molecule is CC1=N/C(=C\c2ccccc2C)C(=O)N1. The van der Waals surface area contributed by atoms with Crippen molar-refractivity contribution in [1.82, 2.24) is 5.32 Å². The number of amides is 1. The van der Waals surface area contributed by atoms with Crippen LogP contribution in [0.15, 0.2) is 35.0 Å². The minimum atomic E-state index is -0.129. The molecule has 0 unspecified atom stereocenters. The average molecular weight is 200 g/mol. The summed E-state index contributed by atoms with van der Waals surface area (Å²) >= 11 is 0. The molecular weight excluding hydrogens is 188 g/mol. The van der Waals surface area contributed by atoms with Gasteiger partial charge in [-0.05, 0) is 31.1 Å². The number of nitrogens with zero attached hydrogens (tertiary/aromatic N) is 1. The number of carbonyl (C=O) groups is 1. The van der Waals surface area contributed by atoms with Gasteiger partial charge in [0.15, 0.2) is 0 Å². The van der Waals surface area contributed by atoms with Gasteiger partial charge in [-0.15, -0.1) is 0 Å². The molecule has 0 radical (unpaired) electrons. The molecule has 2 rings (SSSR count). The number of hydrogen-bond donors (Lipinski definition) is 1. The first-order valence-electron chi connectivity index (χ1n) is 4.81. The zero-order valence-electron chi connectivity index (χ0n) is 8.74. The van der Waals surface area contributed by atoms with Gasteiger partial charge in [0.2, 0.25) is 0 Å². The lowest BCUT2D eigenvalue weighted by Gasteiger charge is -1.98. The molecule has 0 aliphatic carbocycles. The zero-order chi connectivity index (χ0) is 10.8. The first kappa shape index (κ1) is 9.65. The highest BCUT2D eigenvalue weighted by atomic mass is 16.2. The Morgan fingerprint density at radius 3 is 2.60 bits per heavy atom. The summed E-state index contributed by atoms with van der Waals surface area (Å²) in [5.41, 5.74) is 2.64. The van der Waals surface area contributed by atoms with E-state index in [1.54, 1.807) is 13.0 Å². The summed E-state index contributed by atoms with van der Waals surface area (Å²) in [5.74, 6) is 0.524. The standard InChI is InChI=1S/C12H12N2O/c1-8-5-3-4-6-10(8)7-11-12(15)14-9(2)13-11/h3-7H,1-2H3,(H,13,14,15)/b11-7-. The fourth-order valence-corrected chi connectivity index (χ4v) is 1.48. The van der Waals surface area contributed by atoms with Crippen molar-refractivity contribution in [3.8, 4) is 0 Å². The van der Waals surface area contributed by atoms with Gasteiger partial charge in [-0.3, -0.25) is 4.79 Å². The zero-order valence-corrected chi connectivity index (χ0v) is 8.74. The number of aryl methyl sites for hydroxylation is 1. The highest BCUT2D eigenvalue weighted by molar-refractivity contribution is 6.13. The maximum atomic E-state index is 11.4. The Labute approximate surface area is 88.5 Å². The molecule has 0 atom stereocenters. The molecule has 1 aliphatic heterocycles. The van der Waals surface area contributed by atoms with Crippen molar-refractivity contribution in [2.75, 3.05) is 0 Å². The van der Waals surface area contributed by atoms with Crippen molar-refractivity contribution in [3.05, 3.63) is 41.1 Å². The Hall–Kier alpha value is -1.90. The molecule has 0 spiro atoms. The van der Waals surface area contributed by atoms with E-state index >= 15 is 0 Å². The minimum absolute atomic E-state index is 0.129. The number of rotatable bonds is 1. The Kier molecular flexibility index (Phi) is 2.37. The number of carbonyl (C=O) groups excluding carboxylic acids is 1. The first-order chi connectivity index (χ1) is 7.16. The molecule has 0 saturated carbocycles. The maximum Gasteiger partial charge on any atom is 0.275 e. The van der Waals surface area contributed by atoms with E-state index in [0.717, 1.165) is 11.1 Å². The number of aliphatic imine (C=N–C) groups is 1. The second kappa shape index (κ2) is 3.69. The van der Waals surface area contributed by atoms with Crippen LogP contribution in [-0.4, -0.2) is 11.7 Å². The molecule has 1 amide bonds. The lowest BCUT2D eigenvalue weighted by Crippen LogP contribution is -2.21. The molecule has 76 valence electrons. The molecule has 3 heteroatoms. The van der Waals surface area contributed by atoms with E-state index in [-0.39, 0.29) is 5.91 Å². The minimum Gasteiger partial charge on any atom is -0.309 e. The van der Waals surface area contributed by atoms with Gasteiger partial charge in [-0.25, -0.2) is 4.99 Å². The van der Waals surface area contributed by atoms with Gasteiger partial charge in [-0.1, -0.05) is 24.3 Å². The van der Waals surface area contributed by atoms with Crippen molar-refractivity contribution in [2.45, 2.75) is 13.8 Å². The molecule has 0 aromatic heterocycles. The van der Waals surface area contributed by atoms with Crippen LogP contribution in [0, 0.1) is 6.92 Å². The van der Waals surface area contributed by atoms with E-state index in [1.807, 2.05) is 31.2 Å². The predicted octanol–water partition coefficient (Wildman–Crippen LogP) is 1.88. The fraction of sp³-hybridized carbons (Fsp3) is 0.167. The van der Waals surface area contributed by atoms with Crippen molar-refractivity contribution in [1.29, 1.82) is 0 Å². The quantitative estimate of drug-likeness (QED) is 0.691. The Bertz CT molecular complexity index is 472. The fourth-order valence-electron chi connectivity index (χ4n) is 1.48. The van der Waals surface area contributed by atoms with Crippen molar-refractivity contribution in [2.24, 2.45) is 4.99 Å². The first-order valence-corrected chi connectivity index (χ1v) is 4.81. The molecule has 0 bridgehead atoms. The number of benzene rings is 1. The second-order valence-corrected chi connectivity index (χ2v) is 3.54. The molecule has 0 fully saturated rings. The van der Waals surface area contributed by atoms with Gasteiger partial charge in [0, 0.05) is 0 Å². The van der Waals surface area contributed by atoms with E-state index in [0.29, 0.717) is 11.5 Å². The third kappa shape index (κ3) is 1.96. The molecule has 3 nitrogen and oxygen atoms in total. The summed E-state index contributed by atoms with van der Waals surface area (Å²) < 4.78 is 0. The molecule has 1 N–H and O–H groups in total. The van der Waals surface area contributed by atoms with E-state index in [9.17, 15) is 4.79 Å². The monoisotopic (exact) mass is 200 g/mol. The average Bonchev–Trinajstić information content (AvgIpc) is 2.49. The molecule has 1 aliphatic rings. The van der Waals surface area contributed by atoms with Gasteiger partial charge in [-0.2, -0.15) is 0 Å². The lowest BCUT2D eigenvalue weighted by atomic mass is 10.1. The Morgan fingerprint density at radius 2 is 2.00 bits per heavy atom. The summed E-state index contributed by atoms with van der Waals surface area (Å²) in [4.78, 5) is 15.5. The summed E-state index contributed by atoms with van der Waals surface area (Å²) in [7, 11) is 0. The third-order valence-corrected chi connectivity index (χ3v) is 2.30. The number of hydrogen-bond acceptors (Lipinski definition) is 2. The molecule has 0 saturated heterocycles. The van der Waals surface area contributed by atoms with Crippen LogP contribution in [0.4, 0.5) is 0 Å². The van der Waals surface area contributed by atoms with E-state index in [4.69, 9.17) is 0 Å². The highest BCUT2D eigenvalue weighted by Crippen LogP contribution is 2.14. The summed E-state index contributed by atoms with van der Waals surface area (Å²) in [6.45, 7) is 3.78. The van der Waals surface area contributed by atoms with Crippen LogP contribution in [0.2, 0.25) is 0 Å². The van der Waals surface area contributed by atoms with Crippen LogP contribution >= 0.6 is 0 Å². The van der Waals surface area contributed by atoms with Gasteiger partial charge < -0.3 is 5.32 Å². The normalized spacial score (nSPS) is 17.9. The summed E-state index contributed by atoms with van der Waals surface area (Å²) in [6.07, 6.45) is 1.81. The van der Waals surface area contributed by atoms with E-state index in [1.165, 1.54) is 0 Å². The van der Waals surface area contributed by atoms with Gasteiger partial charge >= 0.3 is 0 Å². The maximum absolute atomic E-state index is 11.4. The van der Waals surface area contributed by atoms with Crippen molar-refractivity contribution >= 4 is 17.8 Å². The molecule has 1 heterocycles. The van der Waals surface area contributed by atoms with Crippen LogP contribution in [0.5, 0.6) is 0 Å².